The van der Waals surface area contributed by atoms with Gasteiger partial charge in [-0.3, -0.25) is 34.2 Å². The Bertz CT molecular complexity index is 906. The number of hydrogen-bond acceptors (Lipinski definition) is 6. The minimum Gasteiger partial charge on any atom is -0.376 e. The highest BCUT2D eigenvalue weighted by Crippen LogP contribution is 2.29. The summed E-state index contributed by atoms with van der Waals surface area (Å²) in [5.74, 6) is -2.16. The van der Waals surface area contributed by atoms with Crippen LogP contribution in [0.3, 0.4) is 0 Å². The van der Waals surface area contributed by atoms with Gasteiger partial charge in [0.2, 0.25) is 17.7 Å². The van der Waals surface area contributed by atoms with Crippen LogP contribution in [0, 0.1) is 0 Å². The van der Waals surface area contributed by atoms with Gasteiger partial charge in [0.05, 0.1) is 17.7 Å². The van der Waals surface area contributed by atoms with E-state index in [0.717, 1.165) is 37.3 Å². The smallest absolute Gasteiger partial charge is 0.262 e. The first kappa shape index (κ1) is 19.1. The minimum atomic E-state index is -0.989. The van der Waals surface area contributed by atoms with Crippen LogP contribution in [0.15, 0.2) is 18.2 Å². The molecule has 4 rings (SSSR count). The van der Waals surface area contributed by atoms with E-state index in [1.54, 1.807) is 6.07 Å². The fraction of sp³-hybridized carbons (Fsp3) is 0.450. The molecule has 0 saturated carbocycles. The fourth-order valence-corrected chi connectivity index (χ4v) is 4.01. The number of carbonyl (C=O) groups excluding carboxylic acids is 5. The van der Waals surface area contributed by atoms with Gasteiger partial charge in [-0.05, 0) is 43.9 Å². The molecule has 2 N–H and O–H groups in total. The number of nitrogens with zero attached hydrogens (tertiary/aromatic N) is 2. The lowest BCUT2D eigenvalue weighted by atomic mass is 10.0. The number of likely N-dealkylation sites (tertiary alicyclic amines) is 1. The Morgan fingerprint density at radius 3 is 2.48 bits per heavy atom. The molecule has 5 amide bonds. The van der Waals surface area contributed by atoms with Crippen molar-refractivity contribution in [1.82, 2.24) is 15.1 Å². The number of amides is 5. The SMILES string of the molecule is O=C1CCC(N2C(=O)c3ccc(NCC(=O)N4CCCCC4)cc3C2=O)C(=O)N1. The number of hydrogen-bond donors (Lipinski definition) is 2. The van der Waals surface area contributed by atoms with Crippen LogP contribution in [0.25, 0.3) is 0 Å². The van der Waals surface area contributed by atoms with Crippen LogP contribution < -0.4 is 10.6 Å². The maximum absolute atomic E-state index is 12.8. The number of benzene rings is 1. The highest BCUT2D eigenvalue weighted by molar-refractivity contribution is 6.23. The lowest BCUT2D eigenvalue weighted by molar-refractivity contribution is -0.136. The maximum atomic E-state index is 12.8. The van der Waals surface area contributed by atoms with E-state index in [4.69, 9.17) is 0 Å². The summed E-state index contributed by atoms with van der Waals surface area (Å²) in [6, 6.07) is 3.71. The van der Waals surface area contributed by atoms with Gasteiger partial charge in [-0.1, -0.05) is 0 Å². The molecule has 2 fully saturated rings. The average molecular weight is 398 g/mol. The molecule has 2 saturated heterocycles. The summed E-state index contributed by atoms with van der Waals surface area (Å²) >= 11 is 0. The van der Waals surface area contributed by atoms with Gasteiger partial charge in [0.25, 0.3) is 11.8 Å². The van der Waals surface area contributed by atoms with Gasteiger partial charge in [0, 0.05) is 25.2 Å². The van der Waals surface area contributed by atoms with Crippen molar-refractivity contribution in [3.63, 3.8) is 0 Å². The molecule has 9 heteroatoms. The molecule has 1 atom stereocenters. The van der Waals surface area contributed by atoms with E-state index >= 15 is 0 Å². The standard InChI is InChI=1S/C20H22N4O5/c25-16-7-6-15(18(27)22-16)24-19(28)13-5-4-12(10-14(13)20(24)29)21-11-17(26)23-8-2-1-3-9-23/h4-5,10,15,21H,1-3,6-9,11H2,(H,22,25,27). The van der Waals surface area contributed by atoms with Gasteiger partial charge in [-0.2, -0.15) is 0 Å². The second-order valence-electron chi connectivity index (χ2n) is 7.50. The van der Waals surface area contributed by atoms with Crippen LogP contribution in [-0.2, 0) is 14.4 Å². The topological polar surface area (TPSA) is 116 Å². The molecule has 3 aliphatic heterocycles. The van der Waals surface area contributed by atoms with E-state index in [2.05, 4.69) is 10.6 Å². The monoisotopic (exact) mass is 398 g/mol. The molecule has 0 spiro atoms. The molecular formula is C20H22N4O5. The zero-order chi connectivity index (χ0) is 20.5. The Morgan fingerprint density at radius 2 is 1.76 bits per heavy atom. The first-order chi connectivity index (χ1) is 14.0. The minimum absolute atomic E-state index is 0.00206. The number of nitrogens with one attached hydrogen (secondary N) is 2. The molecule has 1 unspecified atom stereocenters. The quantitative estimate of drug-likeness (QED) is 0.714. The average Bonchev–Trinajstić information content (AvgIpc) is 2.97. The van der Waals surface area contributed by atoms with Gasteiger partial charge in [-0.25, -0.2) is 0 Å². The van der Waals surface area contributed by atoms with Crippen LogP contribution in [-0.4, -0.2) is 65.0 Å². The summed E-state index contributed by atoms with van der Waals surface area (Å²) in [6.07, 6.45) is 3.36. The van der Waals surface area contributed by atoms with Gasteiger partial charge in [0.1, 0.15) is 6.04 Å². The van der Waals surface area contributed by atoms with Crippen LogP contribution in [0.5, 0.6) is 0 Å². The molecule has 0 bridgehead atoms. The van der Waals surface area contributed by atoms with Crippen molar-refractivity contribution in [3.8, 4) is 0 Å². The van der Waals surface area contributed by atoms with Crippen LogP contribution in [0.4, 0.5) is 5.69 Å². The molecule has 1 aromatic rings. The number of anilines is 1. The van der Waals surface area contributed by atoms with Crippen molar-refractivity contribution >= 4 is 35.2 Å². The Hall–Kier alpha value is -3.23. The molecule has 29 heavy (non-hydrogen) atoms. The summed E-state index contributed by atoms with van der Waals surface area (Å²) in [6.45, 7) is 1.63. The molecular weight excluding hydrogens is 376 g/mol. The normalized spacial score (nSPS) is 21.9. The van der Waals surface area contributed by atoms with Crippen molar-refractivity contribution in [2.75, 3.05) is 25.0 Å². The molecule has 9 nitrogen and oxygen atoms in total. The van der Waals surface area contributed by atoms with Gasteiger partial charge in [-0.15, -0.1) is 0 Å². The number of imide groups is 2. The zero-order valence-corrected chi connectivity index (χ0v) is 15.9. The molecule has 1 aromatic carbocycles. The van der Waals surface area contributed by atoms with Crippen molar-refractivity contribution in [3.05, 3.63) is 29.3 Å². The van der Waals surface area contributed by atoms with Crippen molar-refractivity contribution in [2.45, 2.75) is 38.1 Å². The second kappa shape index (κ2) is 7.65. The van der Waals surface area contributed by atoms with Crippen molar-refractivity contribution < 1.29 is 24.0 Å². The summed E-state index contributed by atoms with van der Waals surface area (Å²) in [7, 11) is 0. The number of rotatable bonds is 4. The van der Waals surface area contributed by atoms with Gasteiger partial charge in [0.15, 0.2) is 0 Å². The van der Waals surface area contributed by atoms with Gasteiger partial charge < -0.3 is 10.2 Å². The second-order valence-corrected chi connectivity index (χ2v) is 7.50. The first-order valence-corrected chi connectivity index (χ1v) is 9.83. The van der Waals surface area contributed by atoms with E-state index in [0.29, 0.717) is 5.69 Å². The van der Waals surface area contributed by atoms with Crippen LogP contribution in [0.1, 0.15) is 52.8 Å². The van der Waals surface area contributed by atoms with E-state index in [1.807, 2.05) is 4.90 Å². The molecule has 3 aliphatic rings. The van der Waals surface area contributed by atoms with Crippen molar-refractivity contribution in [2.24, 2.45) is 0 Å². The third kappa shape index (κ3) is 3.59. The Kier molecular flexibility index (Phi) is 5.04. The van der Waals surface area contributed by atoms with Crippen LogP contribution in [0.2, 0.25) is 0 Å². The lowest BCUT2D eigenvalue weighted by Gasteiger charge is -2.27. The number of piperidine rings is 2. The van der Waals surface area contributed by atoms with E-state index in [-0.39, 0.29) is 36.4 Å². The summed E-state index contributed by atoms with van der Waals surface area (Å²) in [5.41, 5.74) is 0.961. The highest BCUT2D eigenvalue weighted by Gasteiger charge is 2.44. The molecule has 3 heterocycles. The highest BCUT2D eigenvalue weighted by atomic mass is 16.2. The Morgan fingerprint density at radius 1 is 1.03 bits per heavy atom. The third-order valence-corrected chi connectivity index (χ3v) is 5.59. The molecule has 0 radical (unpaired) electrons. The Balaban J connectivity index is 1.46. The fourth-order valence-electron chi connectivity index (χ4n) is 4.01. The van der Waals surface area contributed by atoms with E-state index in [1.165, 1.54) is 12.1 Å². The lowest BCUT2D eigenvalue weighted by Crippen LogP contribution is -2.54. The predicted molar refractivity (Wildman–Crippen MR) is 102 cm³/mol. The largest absolute Gasteiger partial charge is 0.376 e. The molecule has 0 aliphatic carbocycles. The van der Waals surface area contributed by atoms with E-state index < -0.39 is 29.7 Å². The molecule has 152 valence electrons. The summed E-state index contributed by atoms with van der Waals surface area (Å²) in [4.78, 5) is 64.0. The number of fused-ring (bicyclic) bond motifs is 1. The maximum Gasteiger partial charge on any atom is 0.262 e. The summed E-state index contributed by atoms with van der Waals surface area (Å²) < 4.78 is 0. The van der Waals surface area contributed by atoms with E-state index in [9.17, 15) is 24.0 Å². The van der Waals surface area contributed by atoms with Crippen molar-refractivity contribution in [1.29, 1.82) is 0 Å². The zero-order valence-electron chi connectivity index (χ0n) is 15.9. The number of carbonyl (C=O) groups is 5. The van der Waals surface area contributed by atoms with Gasteiger partial charge >= 0.3 is 0 Å². The molecule has 0 aromatic heterocycles. The third-order valence-electron chi connectivity index (χ3n) is 5.59. The summed E-state index contributed by atoms with van der Waals surface area (Å²) in [5, 5.41) is 5.19. The Labute approximate surface area is 167 Å². The first-order valence-electron chi connectivity index (χ1n) is 9.83. The predicted octanol–water partition coefficient (Wildman–Crippen LogP) is 0.512. The van der Waals surface area contributed by atoms with Crippen LogP contribution >= 0.6 is 0 Å².